The molecular weight excluding hydrogens is 192 g/mol. The zero-order chi connectivity index (χ0) is 10.7. The van der Waals surface area contributed by atoms with Gasteiger partial charge in [0.05, 0.1) is 5.52 Å². The molecule has 4 heteroatoms. The summed E-state index contributed by atoms with van der Waals surface area (Å²) in [6.07, 6.45) is 6.57. The molecule has 0 saturated carbocycles. The molecule has 0 N–H and O–H groups in total. The lowest BCUT2D eigenvalue weighted by Gasteiger charge is -2.07. The zero-order valence-corrected chi connectivity index (χ0v) is 7.88. The molecule has 0 fully saturated rings. The van der Waals surface area contributed by atoms with Crippen molar-refractivity contribution in [3.05, 3.63) is 40.9 Å². The normalized spacial score (nSPS) is 9.80. The monoisotopic (exact) mass is 200 g/mol. The van der Waals surface area contributed by atoms with Crippen LogP contribution in [0.5, 0.6) is 0 Å². The van der Waals surface area contributed by atoms with Gasteiger partial charge in [0.2, 0.25) is 0 Å². The molecule has 4 nitrogen and oxygen atoms in total. The van der Waals surface area contributed by atoms with Gasteiger partial charge >= 0.3 is 5.69 Å². The fraction of sp³-hybridized carbons (Fsp3) is 0.0909. The number of rotatable bonds is 2. The molecule has 0 bridgehead atoms. The number of aromatic nitrogens is 2. The SMILES string of the molecule is C#CCOn1c(=O)ncc2ccccc21. The standard InChI is InChI=1S/C11H8N2O2/c1-2-7-15-13-10-6-4-3-5-9(10)8-12-11(13)14/h1,3-6,8H,7H2. The Kier molecular flexibility index (Phi) is 2.38. The highest BCUT2D eigenvalue weighted by Gasteiger charge is 2.02. The number of nitrogens with zero attached hydrogens (tertiary/aromatic N) is 2. The van der Waals surface area contributed by atoms with E-state index in [1.165, 1.54) is 6.20 Å². The highest BCUT2D eigenvalue weighted by Crippen LogP contribution is 2.08. The molecular formula is C11H8N2O2. The first-order valence-corrected chi connectivity index (χ1v) is 4.36. The lowest BCUT2D eigenvalue weighted by Crippen LogP contribution is -2.29. The number of benzene rings is 1. The van der Waals surface area contributed by atoms with Crippen LogP contribution in [0.1, 0.15) is 0 Å². The number of para-hydroxylation sites is 1. The fourth-order valence-corrected chi connectivity index (χ4v) is 1.29. The molecule has 15 heavy (non-hydrogen) atoms. The van der Waals surface area contributed by atoms with E-state index < -0.39 is 5.69 Å². The summed E-state index contributed by atoms with van der Waals surface area (Å²) in [5.41, 5.74) is 0.191. The van der Waals surface area contributed by atoms with Crippen LogP contribution in [0, 0.1) is 12.3 Å². The predicted molar refractivity (Wildman–Crippen MR) is 56.3 cm³/mol. The van der Waals surface area contributed by atoms with Gasteiger partial charge in [0.15, 0.2) is 6.61 Å². The Hall–Kier alpha value is -2.28. The molecule has 74 valence electrons. The van der Waals surface area contributed by atoms with Crippen LogP contribution in [-0.4, -0.2) is 16.3 Å². The van der Waals surface area contributed by atoms with Gasteiger partial charge in [0.25, 0.3) is 0 Å². The lowest BCUT2D eigenvalue weighted by atomic mass is 10.2. The summed E-state index contributed by atoms with van der Waals surface area (Å²) in [5, 5.41) is 0.828. The molecule has 0 aliphatic heterocycles. The first-order chi connectivity index (χ1) is 7.33. The quantitative estimate of drug-likeness (QED) is 0.661. The van der Waals surface area contributed by atoms with Gasteiger partial charge in [-0.25, -0.2) is 4.79 Å². The summed E-state index contributed by atoms with van der Waals surface area (Å²) < 4.78 is 1.11. The van der Waals surface area contributed by atoms with Gasteiger partial charge in [-0.2, -0.15) is 4.98 Å². The van der Waals surface area contributed by atoms with Gasteiger partial charge in [0, 0.05) is 11.6 Å². The van der Waals surface area contributed by atoms with Crippen molar-refractivity contribution in [2.45, 2.75) is 0 Å². The van der Waals surface area contributed by atoms with Crippen LogP contribution in [0.25, 0.3) is 10.9 Å². The molecule has 0 atom stereocenters. The van der Waals surface area contributed by atoms with Crippen LogP contribution < -0.4 is 10.5 Å². The highest BCUT2D eigenvalue weighted by atomic mass is 16.7. The Bertz CT molecular complexity index is 581. The average Bonchev–Trinajstić information content (AvgIpc) is 2.28. The smallest absolute Gasteiger partial charge is 0.381 e. The fourth-order valence-electron chi connectivity index (χ4n) is 1.29. The maximum absolute atomic E-state index is 11.4. The van der Waals surface area contributed by atoms with E-state index in [1.54, 1.807) is 6.07 Å². The lowest BCUT2D eigenvalue weighted by molar-refractivity contribution is 0.138. The second-order valence-electron chi connectivity index (χ2n) is 2.87. The van der Waals surface area contributed by atoms with Crippen molar-refractivity contribution in [3.63, 3.8) is 0 Å². The van der Waals surface area contributed by atoms with Crippen LogP contribution >= 0.6 is 0 Å². The van der Waals surface area contributed by atoms with Crippen molar-refractivity contribution in [2.24, 2.45) is 0 Å². The number of terminal acetylenes is 1. The Morgan fingerprint density at radius 1 is 1.47 bits per heavy atom. The molecule has 2 aromatic rings. The first kappa shape index (κ1) is 9.28. The van der Waals surface area contributed by atoms with Crippen LogP contribution in [0.2, 0.25) is 0 Å². The van der Waals surface area contributed by atoms with Crippen molar-refractivity contribution in [3.8, 4) is 12.3 Å². The highest BCUT2D eigenvalue weighted by molar-refractivity contribution is 5.77. The minimum Gasteiger partial charge on any atom is -0.396 e. The maximum atomic E-state index is 11.4. The minimum absolute atomic E-state index is 0.0373. The van der Waals surface area contributed by atoms with Crippen LogP contribution in [0.4, 0.5) is 0 Å². The van der Waals surface area contributed by atoms with E-state index in [-0.39, 0.29) is 6.61 Å². The molecule has 0 radical (unpaired) electrons. The molecule has 1 aromatic heterocycles. The molecule has 2 rings (SSSR count). The third kappa shape index (κ3) is 1.67. The van der Waals surface area contributed by atoms with Gasteiger partial charge in [-0.3, -0.25) is 0 Å². The van der Waals surface area contributed by atoms with Crippen molar-refractivity contribution < 1.29 is 4.84 Å². The second kappa shape index (κ2) is 3.84. The largest absolute Gasteiger partial charge is 0.396 e. The molecule has 0 saturated heterocycles. The van der Waals surface area contributed by atoms with E-state index in [2.05, 4.69) is 10.9 Å². The van der Waals surface area contributed by atoms with E-state index in [4.69, 9.17) is 11.3 Å². The Morgan fingerprint density at radius 2 is 2.27 bits per heavy atom. The zero-order valence-electron chi connectivity index (χ0n) is 7.88. The van der Waals surface area contributed by atoms with E-state index in [0.717, 1.165) is 10.1 Å². The van der Waals surface area contributed by atoms with E-state index in [0.29, 0.717) is 5.52 Å². The van der Waals surface area contributed by atoms with Crippen molar-refractivity contribution in [2.75, 3.05) is 6.61 Å². The van der Waals surface area contributed by atoms with Gasteiger partial charge < -0.3 is 4.84 Å². The van der Waals surface area contributed by atoms with Crippen LogP contribution in [0.3, 0.4) is 0 Å². The van der Waals surface area contributed by atoms with Gasteiger partial charge in [-0.05, 0) is 6.07 Å². The minimum atomic E-state index is -0.469. The molecule has 0 aliphatic rings. The molecule has 1 aromatic carbocycles. The van der Waals surface area contributed by atoms with E-state index >= 15 is 0 Å². The number of fused-ring (bicyclic) bond motifs is 1. The summed E-state index contributed by atoms with van der Waals surface area (Å²) in [6, 6.07) is 7.30. The van der Waals surface area contributed by atoms with Crippen molar-refractivity contribution >= 4 is 10.9 Å². The van der Waals surface area contributed by atoms with Crippen LogP contribution in [0.15, 0.2) is 35.3 Å². The summed E-state index contributed by atoms with van der Waals surface area (Å²) >= 11 is 0. The predicted octanol–water partition coefficient (Wildman–Crippen LogP) is 0.458. The van der Waals surface area contributed by atoms with E-state index in [1.807, 2.05) is 18.2 Å². The summed E-state index contributed by atoms with van der Waals surface area (Å²) in [6.45, 7) is 0.0373. The van der Waals surface area contributed by atoms with Gasteiger partial charge in [-0.1, -0.05) is 24.1 Å². The van der Waals surface area contributed by atoms with Crippen LogP contribution in [-0.2, 0) is 0 Å². The third-order valence-corrected chi connectivity index (χ3v) is 1.92. The maximum Gasteiger partial charge on any atom is 0.381 e. The van der Waals surface area contributed by atoms with Gasteiger partial charge in [-0.15, -0.1) is 11.2 Å². The Labute approximate surface area is 86.1 Å². The summed E-state index contributed by atoms with van der Waals surface area (Å²) in [4.78, 5) is 20.2. The third-order valence-electron chi connectivity index (χ3n) is 1.92. The number of hydrogen-bond donors (Lipinski definition) is 0. The molecule has 0 amide bonds. The Morgan fingerprint density at radius 3 is 3.07 bits per heavy atom. The van der Waals surface area contributed by atoms with Gasteiger partial charge in [0.1, 0.15) is 0 Å². The molecule has 0 unspecified atom stereocenters. The topological polar surface area (TPSA) is 44.1 Å². The molecule has 1 heterocycles. The average molecular weight is 200 g/mol. The summed E-state index contributed by atoms with van der Waals surface area (Å²) in [7, 11) is 0. The molecule has 0 aliphatic carbocycles. The van der Waals surface area contributed by atoms with Crippen molar-refractivity contribution in [1.82, 2.24) is 9.71 Å². The summed E-state index contributed by atoms with van der Waals surface area (Å²) in [5.74, 6) is 2.30. The Balaban J connectivity index is 2.64. The molecule has 0 spiro atoms. The first-order valence-electron chi connectivity index (χ1n) is 4.36. The van der Waals surface area contributed by atoms with Crippen molar-refractivity contribution in [1.29, 1.82) is 0 Å². The van der Waals surface area contributed by atoms with E-state index in [9.17, 15) is 4.79 Å². The number of hydrogen-bond acceptors (Lipinski definition) is 3. The second-order valence-corrected chi connectivity index (χ2v) is 2.87.